The molecule has 9 aliphatic rings. The Bertz CT molecular complexity index is 1560. The molecule has 0 aromatic carbocycles. The Kier molecular flexibility index (Phi) is 12.2. The van der Waals surface area contributed by atoms with Crippen LogP contribution in [-0.4, -0.2) is 165 Å². The zero-order chi connectivity index (χ0) is 42.6. The van der Waals surface area contributed by atoms with E-state index in [0.29, 0.717) is 48.3 Å². The Hall–Kier alpha value is -0.900. The summed E-state index contributed by atoms with van der Waals surface area (Å²) >= 11 is 0. The highest BCUT2D eigenvalue weighted by Crippen LogP contribution is 2.70. The lowest BCUT2D eigenvalue weighted by Crippen LogP contribution is -2.65. The second kappa shape index (κ2) is 16.5. The topological polar surface area (TPSA) is 236 Å². The highest BCUT2D eigenvalue weighted by molar-refractivity contribution is 5.26. The van der Waals surface area contributed by atoms with E-state index in [1.54, 1.807) is 0 Å². The molecule has 3 saturated carbocycles. The summed E-state index contributed by atoms with van der Waals surface area (Å²) in [6, 6.07) is 0. The summed E-state index contributed by atoms with van der Waals surface area (Å²) in [5.74, 6) is 2.65. The van der Waals surface area contributed by atoms with E-state index >= 15 is 0 Å². The SMILES string of the molecule is CC1CCC2(OC1)OC1CC3C4CC=C5C[C@@H](O[C@@H]6O[C@H](CO)[C@@H](O[C@@H]7O[C@@H](CO)[C@@H](O)[C@H]7O)[C@@H](O)[C@H]6O[C@@H]6O[C@H](C)[C@@H](O)[C@@H](O)[C@H]6O)CC[C@]5(C)C4CC[C@]3(C)C1C2C. The molecule has 25 atom stereocenters. The van der Waals surface area contributed by atoms with Gasteiger partial charge in [-0.3, -0.25) is 0 Å². The van der Waals surface area contributed by atoms with Crippen LogP contribution in [0.3, 0.4) is 0 Å². The van der Waals surface area contributed by atoms with Crippen molar-refractivity contribution >= 4 is 0 Å². The van der Waals surface area contributed by atoms with Crippen molar-refractivity contribution in [2.24, 2.45) is 46.3 Å². The third-order valence-corrected chi connectivity index (χ3v) is 17.3. The van der Waals surface area contributed by atoms with Gasteiger partial charge in [-0.15, -0.1) is 0 Å². The smallest absolute Gasteiger partial charge is 0.187 e. The molecule has 9 rings (SSSR count). The van der Waals surface area contributed by atoms with Crippen LogP contribution in [0.4, 0.5) is 0 Å². The fourth-order valence-electron chi connectivity index (χ4n) is 13.8. The Morgan fingerprint density at radius 1 is 0.700 bits per heavy atom. The average molecular weight is 855 g/mol. The Balaban J connectivity index is 0.913. The van der Waals surface area contributed by atoms with Crippen LogP contribution < -0.4 is 0 Å². The van der Waals surface area contributed by atoms with Gasteiger partial charge in [0.25, 0.3) is 0 Å². The Labute approximate surface area is 352 Å². The number of hydrogen-bond acceptors (Lipinski definition) is 16. The van der Waals surface area contributed by atoms with Gasteiger partial charge in [0.15, 0.2) is 24.7 Å². The van der Waals surface area contributed by atoms with E-state index in [-0.39, 0.29) is 23.0 Å². The van der Waals surface area contributed by atoms with Crippen molar-refractivity contribution < 1.29 is 78.7 Å². The van der Waals surface area contributed by atoms with Crippen LogP contribution in [0.1, 0.15) is 92.4 Å². The standard InChI is InChI=1S/C44H70O16/c1-19-8-13-44(53-18-19)20(2)30-27(60-44)15-26-24-7-6-22-14-23(9-11-42(22,4)25(24)10-12-43(26,30)5)55-41-38(59-39-35(51)33(49)31(47)21(3)54-39)36(52)37(29(17-46)57-41)58-40-34(50)32(48)28(16-45)56-40/h6,19-21,23-41,45-52H,7-18H2,1-5H3/t19?,20?,21-,23+,24?,25?,26?,27?,28+,29-,30?,31-,32-,33-,34-,35-,36-,37-,38-,39+,40+,41-,42+,43+,44?/m1/s1. The fraction of sp³-hybridized carbons (Fsp3) is 0.955. The molecule has 5 saturated heterocycles. The van der Waals surface area contributed by atoms with Gasteiger partial charge in [0.2, 0.25) is 0 Å². The van der Waals surface area contributed by atoms with Gasteiger partial charge in [0.1, 0.15) is 61.0 Å². The first kappa shape index (κ1) is 44.3. The van der Waals surface area contributed by atoms with Gasteiger partial charge in [0, 0.05) is 12.3 Å². The van der Waals surface area contributed by atoms with Gasteiger partial charge in [0.05, 0.1) is 38.1 Å². The highest BCUT2D eigenvalue weighted by Gasteiger charge is 2.69. The van der Waals surface area contributed by atoms with Gasteiger partial charge in [-0.2, -0.15) is 0 Å². The number of aliphatic hydroxyl groups is 8. The van der Waals surface area contributed by atoms with E-state index in [4.69, 9.17) is 37.9 Å². The minimum absolute atomic E-state index is 0.0141. The Morgan fingerprint density at radius 2 is 1.40 bits per heavy atom. The molecular formula is C44H70O16. The molecule has 5 aliphatic heterocycles. The van der Waals surface area contributed by atoms with E-state index in [1.165, 1.54) is 18.9 Å². The largest absolute Gasteiger partial charge is 0.394 e. The first-order chi connectivity index (χ1) is 28.5. The lowest BCUT2D eigenvalue weighted by atomic mass is 9.47. The summed E-state index contributed by atoms with van der Waals surface area (Å²) in [5, 5.41) is 84.8. The van der Waals surface area contributed by atoms with Crippen molar-refractivity contribution in [3.05, 3.63) is 11.6 Å². The second-order valence-corrected chi connectivity index (χ2v) is 20.6. The van der Waals surface area contributed by atoms with E-state index in [9.17, 15) is 40.9 Å². The normalized spacial score (nSPS) is 57.7. The van der Waals surface area contributed by atoms with Crippen LogP contribution in [0.2, 0.25) is 0 Å². The first-order valence-corrected chi connectivity index (χ1v) is 22.8. The maximum Gasteiger partial charge on any atom is 0.187 e. The molecule has 0 aromatic rings. The third-order valence-electron chi connectivity index (χ3n) is 17.3. The van der Waals surface area contributed by atoms with Crippen molar-refractivity contribution in [1.29, 1.82) is 0 Å². The minimum atomic E-state index is -1.70. The molecule has 342 valence electrons. The van der Waals surface area contributed by atoms with E-state index in [1.807, 2.05) is 0 Å². The van der Waals surface area contributed by atoms with Gasteiger partial charge < -0.3 is 78.7 Å². The predicted octanol–water partition coefficient (Wildman–Crippen LogP) is 0.853. The third kappa shape index (κ3) is 7.10. The van der Waals surface area contributed by atoms with Gasteiger partial charge >= 0.3 is 0 Å². The zero-order valence-electron chi connectivity index (χ0n) is 35.6. The molecule has 4 aliphatic carbocycles. The number of aliphatic hydroxyl groups excluding tert-OH is 8. The van der Waals surface area contributed by atoms with E-state index in [2.05, 4.69) is 33.8 Å². The van der Waals surface area contributed by atoms with Crippen molar-refractivity contribution in [1.82, 2.24) is 0 Å². The lowest BCUT2D eigenvalue weighted by Gasteiger charge is -2.58. The second-order valence-electron chi connectivity index (χ2n) is 20.6. The van der Waals surface area contributed by atoms with Gasteiger partial charge in [-0.25, -0.2) is 0 Å². The van der Waals surface area contributed by atoms with E-state index in [0.717, 1.165) is 45.1 Å². The molecule has 60 heavy (non-hydrogen) atoms. The molecule has 16 nitrogen and oxygen atoms in total. The molecule has 0 bridgehead atoms. The van der Waals surface area contributed by atoms with Gasteiger partial charge in [-0.05, 0) is 98.7 Å². The summed E-state index contributed by atoms with van der Waals surface area (Å²) in [5.41, 5.74) is 1.54. The number of ether oxygens (including phenoxy) is 8. The predicted molar refractivity (Wildman–Crippen MR) is 208 cm³/mol. The molecule has 8 N–H and O–H groups in total. The average Bonchev–Trinajstić information content (AvgIpc) is 3.79. The number of rotatable bonds is 8. The molecule has 0 aromatic heterocycles. The molecule has 8 unspecified atom stereocenters. The van der Waals surface area contributed by atoms with Crippen LogP contribution >= 0.6 is 0 Å². The van der Waals surface area contributed by atoms with Crippen molar-refractivity contribution in [2.45, 2.75) is 196 Å². The van der Waals surface area contributed by atoms with Crippen LogP contribution in [0, 0.1) is 46.3 Å². The summed E-state index contributed by atoms with van der Waals surface area (Å²) in [6.07, 6.45) is -8.79. The van der Waals surface area contributed by atoms with Crippen LogP contribution in [0.25, 0.3) is 0 Å². The molecule has 0 radical (unpaired) electrons. The lowest BCUT2D eigenvalue weighted by molar-refractivity contribution is -0.380. The maximum absolute atomic E-state index is 11.9. The van der Waals surface area contributed by atoms with Crippen LogP contribution in [0.15, 0.2) is 11.6 Å². The van der Waals surface area contributed by atoms with Crippen LogP contribution in [-0.2, 0) is 37.9 Å². The molecule has 16 heteroatoms. The summed E-state index contributed by atoms with van der Waals surface area (Å²) in [7, 11) is 0. The summed E-state index contributed by atoms with van der Waals surface area (Å²) < 4.78 is 49.9. The van der Waals surface area contributed by atoms with Gasteiger partial charge in [-0.1, -0.05) is 39.3 Å². The molecule has 1 spiro atoms. The summed E-state index contributed by atoms with van der Waals surface area (Å²) in [6.45, 7) is 10.7. The fourth-order valence-corrected chi connectivity index (χ4v) is 13.8. The monoisotopic (exact) mass is 854 g/mol. The molecular weight excluding hydrogens is 784 g/mol. The summed E-state index contributed by atoms with van der Waals surface area (Å²) in [4.78, 5) is 0. The molecule has 5 heterocycles. The number of allylic oxidation sites excluding steroid dienone is 1. The van der Waals surface area contributed by atoms with Crippen molar-refractivity contribution in [3.63, 3.8) is 0 Å². The minimum Gasteiger partial charge on any atom is -0.394 e. The molecule has 8 fully saturated rings. The number of fused-ring (bicyclic) bond motifs is 7. The molecule has 0 amide bonds. The van der Waals surface area contributed by atoms with Crippen molar-refractivity contribution in [3.8, 4) is 0 Å². The van der Waals surface area contributed by atoms with Crippen LogP contribution in [0.5, 0.6) is 0 Å². The highest BCUT2D eigenvalue weighted by atomic mass is 16.8. The maximum atomic E-state index is 11.9. The first-order valence-electron chi connectivity index (χ1n) is 22.8. The van der Waals surface area contributed by atoms with Crippen molar-refractivity contribution in [2.75, 3.05) is 19.8 Å². The zero-order valence-corrected chi connectivity index (χ0v) is 35.6. The van der Waals surface area contributed by atoms with E-state index < -0.39 is 105 Å². The Morgan fingerprint density at radius 3 is 2.10 bits per heavy atom. The number of hydrogen-bond donors (Lipinski definition) is 8. The quantitative estimate of drug-likeness (QED) is 0.158.